The van der Waals surface area contributed by atoms with Gasteiger partial charge in [-0.25, -0.2) is 4.39 Å². The summed E-state index contributed by atoms with van der Waals surface area (Å²) < 4.78 is 17.9. The van der Waals surface area contributed by atoms with E-state index in [9.17, 15) is 9.18 Å². The van der Waals surface area contributed by atoms with Crippen molar-refractivity contribution < 1.29 is 9.18 Å². The number of aryl methyl sites for hydroxylation is 2. The van der Waals surface area contributed by atoms with Crippen LogP contribution in [0.15, 0.2) is 33.9 Å². The van der Waals surface area contributed by atoms with Crippen LogP contribution >= 0.6 is 27.7 Å². The average molecular weight is 439 g/mol. The van der Waals surface area contributed by atoms with Crippen molar-refractivity contribution in [3.05, 3.63) is 40.2 Å². The SMILES string of the molecule is Cc1cc(-c2nnc(SCC(=O)Nc3ccc(Br)cc3F)n2C)nn1C. The Bertz CT molecular complexity index is 950. The molecule has 3 aromatic rings. The molecule has 0 unspecified atom stereocenters. The lowest BCUT2D eigenvalue weighted by molar-refractivity contribution is -0.113. The number of nitrogens with zero attached hydrogens (tertiary/aromatic N) is 5. The Labute approximate surface area is 162 Å². The molecule has 10 heteroatoms. The number of carbonyl (C=O) groups is 1. The van der Waals surface area contributed by atoms with Gasteiger partial charge in [-0.15, -0.1) is 10.2 Å². The lowest BCUT2D eigenvalue weighted by Gasteiger charge is -2.06. The molecule has 3 rings (SSSR count). The molecule has 2 aromatic heterocycles. The number of rotatable bonds is 5. The van der Waals surface area contributed by atoms with Crippen LogP contribution in [0.1, 0.15) is 5.69 Å². The number of nitrogens with one attached hydrogen (secondary N) is 1. The van der Waals surface area contributed by atoms with Gasteiger partial charge in [-0.05, 0) is 31.2 Å². The summed E-state index contributed by atoms with van der Waals surface area (Å²) in [6.07, 6.45) is 0. The maximum atomic E-state index is 13.8. The summed E-state index contributed by atoms with van der Waals surface area (Å²) in [5.41, 5.74) is 1.86. The molecule has 136 valence electrons. The quantitative estimate of drug-likeness (QED) is 0.619. The van der Waals surface area contributed by atoms with E-state index in [1.54, 1.807) is 15.3 Å². The van der Waals surface area contributed by atoms with E-state index in [0.717, 1.165) is 5.69 Å². The van der Waals surface area contributed by atoms with Gasteiger partial charge >= 0.3 is 0 Å². The second-order valence-electron chi connectivity index (χ2n) is 5.62. The van der Waals surface area contributed by atoms with Crippen LogP contribution in [0, 0.1) is 12.7 Å². The van der Waals surface area contributed by atoms with Crippen LogP contribution in [0.2, 0.25) is 0 Å². The van der Waals surface area contributed by atoms with Gasteiger partial charge in [-0.2, -0.15) is 5.10 Å². The fourth-order valence-corrected chi connectivity index (χ4v) is 3.28. The summed E-state index contributed by atoms with van der Waals surface area (Å²) in [6.45, 7) is 1.95. The highest BCUT2D eigenvalue weighted by atomic mass is 79.9. The van der Waals surface area contributed by atoms with Gasteiger partial charge in [0.2, 0.25) is 5.91 Å². The van der Waals surface area contributed by atoms with E-state index in [1.165, 1.54) is 23.9 Å². The highest BCUT2D eigenvalue weighted by molar-refractivity contribution is 9.10. The van der Waals surface area contributed by atoms with E-state index in [0.29, 0.717) is 21.1 Å². The third-order valence-corrected chi connectivity index (χ3v) is 5.23. The van der Waals surface area contributed by atoms with Crippen LogP contribution in [0.3, 0.4) is 0 Å². The van der Waals surface area contributed by atoms with Crippen LogP contribution in [0.25, 0.3) is 11.5 Å². The number of thioether (sulfide) groups is 1. The fourth-order valence-electron chi connectivity index (χ4n) is 2.24. The highest BCUT2D eigenvalue weighted by Gasteiger charge is 2.16. The molecule has 1 amide bonds. The zero-order chi connectivity index (χ0) is 18.8. The summed E-state index contributed by atoms with van der Waals surface area (Å²) in [7, 11) is 3.67. The van der Waals surface area contributed by atoms with E-state index in [2.05, 4.69) is 36.5 Å². The van der Waals surface area contributed by atoms with Crippen molar-refractivity contribution >= 4 is 39.3 Å². The second-order valence-corrected chi connectivity index (χ2v) is 7.48. The molecule has 26 heavy (non-hydrogen) atoms. The lowest BCUT2D eigenvalue weighted by Crippen LogP contribution is -2.15. The second kappa shape index (κ2) is 7.58. The number of hydrogen-bond donors (Lipinski definition) is 1. The molecule has 1 N–H and O–H groups in total. The Morgan fingerprint density at radius 1 is 1.31 bits per heavy atom. The Kier molecular flexibility index (Phi) is 5.42. The smallest absolute Gasteiger partial charge is 0.234 e. The van der Waals surface area contributed by atoms with Gasteiger partial charge in [0.1, 0.15) is 11.5 Å². The van der Waals surface area contributed by atoms with Gasteiger partial charge in [0.25, 0.3) is 0 Å². The Balaban J connectivity index is 1.65. The van der Waals surface area contributed by atoms with Crippen LogP contribution in [0.4, 0.5) is 10.1 Å². The van der Waals surface area contributed by atoms with Crippen molar-refractivity contribution in [2.75, 3.05) is 11.1 Å². The van der Waals surface area contributed by atoms with Gasteiger partial charge < -0.3 is 9.88 Å². The van der Waals surface area contributed by atoms with Crippen molar-refractivity contribution in [1.29, 1.82) is 0 Å². The van der Waals surface area contributed by atoms with Crippen molar-refractivity contribution in [2.24, 2.45) is 14.1 Å². The number of benzene rings is 1. The minimum atomic E-state index is -0.496. The lowest BCUT2D eigenvalue weighted by atomic mass is 10.3. The number of anilines is 1. The molecule has 2 heterocycles. The molecular weight excluding hydrogens is 423 g/mol. The Morgan fingerprint density at radius 3 is 2.73 bits per heavy atom. The minimum Gasteiger partial charge on any atom is -0.323 e. The first-order chi connectivity index (χ1) is 12.3. The molecule has 0 aliphatic heterocycles. The molecule has 0 radical (unpaired) electrons. The predicted molar refractivity (Wildman–Crippen MR) is 101 cm³/mol. The normalized spacial score (nSPS) is 11.0. The van der Waals surface area contributed by atoms with Gasteiger partial charge in [-0.3, -0.25) is 9.48 Å². The van der Waals surface area contributed by atoms with E-state index in [4.69, 9.17) is 0 Å². The monoisotopic (exact) mass is 438 g/mol. The third kappa shape index (κ3) is 3.96. The predicted octanol–water partition coefficient (Wildman–Crippen LogP) is 3.16. The van der Waals surface area contributed by atoms with Gasteiger partial charge in [0.15, 0.2) is 11.0 Å². The Hall–Kier alpha value is -2.20. The van der Waals surface area contributed by atoms with Crippen molar-refractivity contribution in [3.8, 4) is 11.5 Å². The summed E-state index contributed by atoms with van der Waals surface area (Å²) >= 11 is 4.40. The summed E-state index contributed by atoms with van der Waals surface area (Å²) in [6, 6.07) is 6.38. The van der Waals surface area contributed by atoms with E-state index in [1.807, 2.05) is 27.1 Å². The van der Waals surface area contributed by atoms with E-state index in [-0.39, 0.29) is 17.3 Å². The molecule has 0 fully saturated rings. The van der Waals surface area contributed by atoms with Crippen molar-refractivity contribution in [3.63, 3.8) is 0 Å². The first-order valence-corrected chi connectivity index (χ1v) is 9.41. The maximum Gasteiger partial charge on any atom is 0.234 e. The van der Waals surface area contributed by atoms with Crippen molar-refractivity contribution in [2.45, 2.75) is 12.1 Å². The zero-order valence-electron chi connectivity index (χ0n) is 14.3. The van der Waals surface area contributed by atoms with Crippen molar-refractivity contribution in [1.82, 2.24) is 24.5 Å². The van der Waals surface area contributed by atoms with Crippen LogP contribution in [-0.4, -0.2) is 36.2 Å². The molecule has 0 spiro atoms. The standard InChI is InChI=1S/C16H16BrFN6OS/c1-9-6-13(22-24(9)3)15-20-21-16(23(15)2)26-8-14(25)19-12-5-4-10(17)7-11(12)18/h4-7H,8H2,1-3H3,(H,19,25). The van der Waals surface area contributed by atoms with Crippen LogP contribution < -0.4 is 5.32 Å². The molecule has 1 aromatic carbocycles. The molecule has 0 aliphatic carbocycles. The zero-order valence-corrected chi connectivity index (χ0v) is 16.7. The minimum absolute atomic E-state index is 0.0860. The molecule has 0 aliphatic rings. The molecular formula is C16H16BrFN6OS. The maximum absolute atomic E-state index is 13.8. The Morgan fingerprint density at radius 2 is 2.08 bits per heavy atom. The summed E-state index contributed by atoms with van der Waals surface area (Å²) in [5.74, 6) is -0.114. The van der Waals surface area contributed by atoms with E-state index >= 15 is 0 Å². The van der Waals surface area contributed by atoms with Gasteiger partial charge in [-0.1, -0.05) is 27.7 Å². The molecule has 0 saturated carbocycles. The molecule has 0 bridgehead atoms. The largest absolute Gasteiger partial charge is 0.323 e. The number of amides is 1. The fraction of sp³-hybridized carbons (Fsp3) is 0.250. The molecule has 0 saturated heterocycles. The van der Waals surface area contributed by atoms with Crippen LogP contribution in [0.5, 0.6) is 0 Å². The third-order valence-electron chi connectivity index (χ3n) is 3.72. The summed E-state index contributed by atoms with van der Waals surface area (Å²) in [4.78, 5) is 12.1. The summed E-state index contributed by atoms with van der Waals surface area (Å²) in [5, 5.41) is 15.8. The number of aromatic nitrogens is 5. The average Bonchev–Trinajstić information content (AvgIpc) is 3.11. The van der Waals surface area contributed by atoms with E-state index < -0.39 is 5.82 Å². The highest BCUT2D eigenvalue weighted by Crippen LogP contribution is 2.23. The number of hydrogen-bond acceptors (Lipinski definition) is 5. The number of carbonyl (C=O) groups excluding carboxylic acids is 1. The molecule has 7 nitrogen and oxygen atoms in total. The first kappa shape index (κ1) is 18.6. The van der Waals surface area contributed by atoms with Gasteiger partial charge in [0, 0.05) is 24.3 Å². The first-order valence-electron chi connectivity index (χ1n) is 7.63. The van der Waals surface area contributed by atoms with Crippen LogP contribution in [-0.2, 0) is 18.9 Å². The van der Waals surface area contributed by atoms with Gasteiger partial charge in [0.05, 0.1) is 11.4 Å². The number of halogens is 2. The topological polar surface area (TPSA) is 77.6 Å². The molecule has 0 atom stereocenters.